The average molecular weight is 254 g/mol. The highest BCUT2D eigenvalue weighted by atomic mass is 19.1. The van der Waals surface area contributed by atoms with Crippen LogP contribution in [0.25, 0.3) is 0 Å². The third-order valence-electron chi connectivity index (χ3n) is 3.16. The van der Waals surface area contributed by atoms with Gasteiger partial charge in [-0.25, -0.2) is 4.39 Å². The lowest BCUT2D eigenvalue weighted by molar-refractivity contribution is 0.0897. The summed E-state index contributed by atoms with van der Waals surface area (Å²) < 4.78 is 24.5. The minimum atomic E-state index is -0.666. The smallest absolute Gasteiger partial charge is 0.165 e. The molecule has 4 heteroatoms. The van der Waals surface area contributed by atoms with Gasteiger partial charge in [-0.05, 0) is 37.5 Å². The Hall–Kier alpha value is -1.13. The number of aliphatic hydroxyl groups is 1. The monoisotopic (exact) mass is 254 g/mol. The molecule has 1 N–H and O–H groups in total. The molecule has 0 amide bonds. The van der Waals surface area contributed by atoms with Gasteiger partial charge < -0.3 is 14.6 Å². The van der Waals surface area contributed by atoms with Gasteiger partial charge in [-0.3, -0.25) is 0 Å². The third-order valence-corrected chi connectivity index (χ3v) is 3.16. The number of aliphatic hydroxyl groups excluding tert-OH is 1. The molecular weight excluding hydrogens is 235 g/mol. The Kier molecular flexibility index (Phi) is 4.55. The maximum atomic E-state index is 13.6. The van der Waals surface area contributed by atoms with E-state index in [1.54, 1.807) is 19.1 Å². The maximum Gasteiger partial charge on any atom is 0.165 e. The zero-order valence-electron chi connectivity index (χ0n) is 10.6. The standard InChI is InChI=1S/C14H19FO3/c1-10(16)11-4-5-14(13(15)9-11)18-8-6-12-3-2-7-17-12/h4-5,9-10,12,16H,2-3,6-8H2,1H3. The highest BCUT2D eigenvalue weighted by Crippen LogP contribution is 2.23. The molecule has 2 unspecified atom stereocenters. The number of halogens is 1. The van der Waals surface area contributed by atoms with Crippen LogP contribution in [0.3, 0.4) is 0 Å². The Morgan fingerprint density at radius 2 is 2.39 bits per heavy atom. The van der Waals surface area contributed by atoms with Crippen molar-refractivity contribution in [1.82, 2.24) is 0 Å². The summed E-state index contributed by atoms with van der Waals surface area (Å²) in [6.07, 6.45) is 2.54. The zero-order chi connectivity index (χ0) is 13.0. The number of ether oxygens (including phenoxy) is 2. The summed E-state index contributed by atoms with van der Waals surface area (Å²) >= 11 is 0. The Morgan fingerprint density at radius 1 is 1.56 bits per heavy atom. The number of hydrogen-bond acceptors (Lipinski definition) is 3. The second kappa shape index (κ2) is 6.16. The van der Waals surface area contributed by atoms with E-state index in [1.165, 1.54) is 6.07 Å². The predicted octanol–water partition coefficient (Wildman–Crippen LogP) is 2.83. The van der Waals surface area contributed by atoms with Crippen molar-refractivity contribution in [3.63, 3.8) is 0 Å². The van der Waals surface area contributed by atoms with E-state index in [4.69, 9.17) is 9.47 Å². The van der Waals surface area contributed by atoms with E-state index in [0.717, 1.165) is 25.9 Å². The van der Waals surface area contributed by atoms with E-state index in [2.05, 4.69) is 0 Å². The van der Waals surface area contributed by atoms with Gasteiger partial charge in [0.25, 0.3) is 0 Å². The van der Waals surface area contributed by atoms with Crippen LogP contribution >= 0.6 is 0 Å². The van der Waals surface area contributed by atoms with Gasteiger partial charge in [-0.2, -0.15) is 0 Å². The SMILES string of the molecule is CC(O)c1ccc(OCCC2CCCO2)c(F)c1. The van der Waals surface area contributed by atoms with Gasteiger partial charge in [-0.1, -0.05) is 6.07 Å². The maximum absolute atomic E-state index is 13.6. The summed E-state index contributed by atoms with van der Waals surface area (Å²) in [4.78, 5) is 0. The summed E-state index contributed by atoms with van der Waals surface area (Å²) in [7, 11) is 0. The van der Waals surface area contributed by atoms with E-state index >= 15 is 0 Å². The van der Waals surface area contributed by atoms with Crippen LogP contribution in [0.5, 0.6) is 5.75 Å². The Labute approximate surface area is 107 Å². The molecule has 1 heterocycles. The minimum Gasteiger partial charge on any atom is -0.490 e. The van der Waals surface area contributed by atoms with Crippen molar-refractivity contribution in [3.05, 3.63) is 29.6 Å². The minimum absolute atomic E-state index is 0.234. The fourth-order valence-corrected chi connectivity index (χ4v) is 2.07. The summed E-state index contributed by atoms with van der Waals surface area (Å²) in [6.45, 7) is 2.88. The fourth-order valence-electron chi connectivity index (χ4n) is 2.07. The van der Waals surface area contributed by atoms with Gasteiger partial charge in [0.05, 0.1) is 18.8 Å². The molecular formula is C14H19FO3. The van der Waals surface area contributed by atoms with Gasteiger partial charge in [0.2, 0.25) is 0 Å². The first kappa shape index (κ1) is 13.3. The molecule has 0 radical (unpaired) electrons. The summed E-state index contributed by atoms with van der Waals surface area (Å²) in [6, 6.07) is 4.55. The van der Waals surface area contributed by atoms with Crippen molar-refractivity contribution < 1.29 is 19.0 Å². The average Bonchev–Trinajstić information content (AvgIpc) is 2.84. The topological polar surface area (TPSA) is 38.7 Å². The second-order valence-electron chi connectivity index (χ2n) is 4.64. The summed E-state index contributed by atoms with van der Waals surface area (Å²) in [5.41, 5.74) is 0.555. The van der Waals surface area contributed by atoms with Crippen LogP contribution in [0.1, 0.15) is 37.9 Å². The Balaban J connectivity index is 1.85. The molecule has 0 aliphatic carbocycles. The normalized spacial score (nSPS) is 20.9. The molecule has 1 fully saturated rings. The molecule has 0 aromatic heterocycles. The first-order valence-corrected chi connectivity index (χ1v) is 6.38. The van der Waals surface area contributed by atoms with E-state index in [-0.39, 0.29) is 11.9 Å². The molecule has 0 saturated carbocycles. The highest BCUT2D eigenvalue weighted by Gasteiger charge is 2.15. The summed E-state index contributed by atoms with van der Waals surface area (Å²) in [5, 5.41) is 9.33. The quantitative estimate of drug-likeness (QED) is 0.878. The van der Waals surface area contributed by atoms with Crippen LogP contribution in [0.4, 0.5) is 4.39 Å². The lowest BCUT2D eigenvalue weighted by Gasteiger charge is -2.12. The molecule has 100 valence electrons. The number of benzene rings is 1. The molecule has 1 aliphatic heterocycles. The predicted molar refractivity (Wildman–Crippen MR) is 66.1 cm³/mol. The molecule has 0 bridgehead atoms. The van der Waals surface area contributed by atoms with Crippen LogP contribution in [0.2, 0.25) is 0 Å². The molecule has 1 aliphatic rings. The first-order chi connectivity index (χ1) is 8.66. The van der Waals surface area contributed by atoms with Gasteiger partial charge in [0, 0.05) is 13.0 Å². The third kappa shape index (κ3) is 3.43. The molecule has 1 aromatic rings. The number of hydrogen-bond donors (Lipinski definition) is 1. The van der Waals surface area contributed by atoms with Crippen molar-refractivity contribution in [3.8, 4) is 5.75 Å². The Morgan fingerprint density at radius 3 is 3.00 bits per heavy atom. The van der Waals surface area contributed by atoms with Crippen LogP contribution in [-0.4, -0.2) is 24.4 Å². The lowest BCUT2D eigenvalue weighted by Crippen LogP contribution is -2.11. The Bertz CT molecular complexity index is 387. The van der Waals surface area contributed by atoms with E-state index in [1.807, 2.05) is 0 Å². The van der Waals surface area contributed by atoms with Crippen molar-refractivity contribution >= 4 is 0 Å². The highest BCUT2D eigenvalue weighted by molar-refractivity contribution is 5.30. The second-order valence-corrected chi connectivity index (χ2v) is 4.64. The molecule has 3 nitrogen and oxygen atoms in total. The largest absolute Gasteiger partial charge is 0.490 e. The lowest BCUT2D eigenvalue weighted by atomic mass is 10.1. The van der Waals surface area contributed by atoms with Crippen LogP contribution in [0.15, 0.2) is 18.2 Å². The number of rotatable bonds is 5. The van der Waals surface area contributed by atoms with Crippen molar-refractivity contribution in [2.24, 2.45) is 0 Å². The van der Waals surface area contributed by atoms with Crippen molar-refractivity contribution in [2.75, 3.05) is 13.2 Å². The molecule has 2 atom stereocenters. The van der Waals surface area contributed by atoms with Crippen molar-refractivity contribution in [1.29, 1.82) is 0 Å². The molecule has 2 rings (SSSR count). The molecule has 1 saturated heterocycles. The fraction of sp³-hybridized carbons (Fsp3) is 0.571. The van der Waals surface area contributed by atoms with Gasteiger partial charge in [0.15, 0.2) is 11.6 Å². The van der Waals surface area contributed by atoms with E-state index in [0.29, 0.717) is 12.2 Å². The van der Waals surface area contributed by atoms with Crippen LogP contribution in [0, 0.1) is 5.82 Å². The zero-order valence-corrected chi connectivity index (χ0v) is 10.6. The van der Waals surface area contributed by atoms with Crippen molar-refractivity contribution in [2.45, 2.75) is 38.4 Å². The molecule has 1 aromatic carbocycles. The van der Waals surface area contributed by atoms with Gasteiger partial charge in [-0.15, -0.1) is 0 Å². The van der Waals surface area contributed by atoms with Crippen LogP contribution in [-0.2, 0) is 4.74 Å². The molecule has 0 spiro atoms. The van der Waals surface area contributed by atoms with E-state index in [9.17, 15) is 9.50 Å². The van der Waals surface area contributed by atoms with Gasteiger partial charge >= 0.3 is 0 Å². The summed E-state index contributed by atoms with van der Waals surface area (Å²) in [5.74, 6) is -0.196. The first-order valence-electron chi connectivity index (χ1n) is 6.38. The van der Waals surface area contributed by atoms with Gasteiger partial charge in [0.1, 0.15) is 0 Å². The molecule has 18 heavy (non-hydrogen) atoms. The van der Waals surface area contributed by atoms with E-state index < -0.39 is 11.9 Å². The van der Waals surface area contributed by atoms with Crippen LogP contribution < -0.4 is 4.74 Å².